The fraction of sp³-hybridized carbons (Fsp3) is 0.381. The maximum Gasteiger partial charge on any atom is 0.271 e. The number of carbonyl (C=O) groups excluding carboxylic acids is 1. The van der Waals surface area contributed by atoms with Crippen molar-refractivity contribution in [2.45, 2.75) is 51.7 Å². The summed E-state index contributed by atoms with van der Waals surface area (Å²) in [6.45, 7) is 3.04. The Morgan fingerprint density at radius 3 is 2.61 bits per heavy atom. The highest BCUT2D eigenvalue weighted by atomic mass is 35.5. The van der Waals surface area contributed by atoms with Gasteiger partial charge in [0.15, 0.2) is 6.10 Å². The third-order valence-corrected chi connectivity index (χ3v) is 5.50. The third-order valence-electron chi connectivity index (χ3n) is 5.19. The van der Waals surface area contributed by atoms with E-state index in [9.17, 15) is 20.0 Å². The monoisotopic (exact) mass is 400 g/mol. The molecule has 0 saturated heterocycles. The van der Waals surface area contributed by atoms with E-state index in [0.29, 0.717) is 10.8 Å². The van der Waals surface area contributed by atoms with Gasteiger partial charge in [0.25, 0.3) is 5.56 Å². The van der Waals surface area contributed by atoms with Crippen molar-refractivity contribution in [1.82, 2.24) is 4.57 Å². The minimum atomic E-state index is -0.967. The largest absolute Gasteiger partial charge is 0.494 e. The van der Waals surface area contributed by atoms with Gasteiger partial charge in [-0.3, -0.25) is 14.2 Å². The molecule has 0 bridgehead atoms. The molecule has 1 saturated carbocycles. The first kappa shape index (κ1) is 20.0. The Morgan fingerprint density at radius 2 is 2.00 bits per heavy atom. The van der Waals surface area contributed by atoms with Crippen LogP contribution < -0.4 is 10.3 Å². The van der Waals surface area contributed by atoms with E-state index in [2.05, 4.69) is 0 Å². The van der Waals surface area contributed by atoms with Crippen LogP contribution in [0.2, 0.25) is 5.02 Å². The molecule has 1 atom stereocenters. The van der Waals surface area contributed by atoms with Crippen molar-refractivity contribution in [3.05, 3.63) is 56.3 Å². The fourth-order valence-corrected chi connectivity index (χ4v) is 3.89. The molecule has 0 amide bonds. The number of benzene rings is 1. The van der Waals surface area contributed by atoms with Crippen LogP contribution in [0.5, 0.6) is 11.6 Å². The maximum absolute atomic E-state index is 13.1. The molecule has 28 heavy (non-hydrogen) atoms. The van der Waals surface area contributed by atoms with E-state index in [1.807, 2.05) is 6.07 Å². The third kappa shape index (κ3) is 3.50. The van der Waals surface area contributed by atoms with Crippen LogP contribution in [-0.4, -0.2) is 21.6 Å². The van der Waals surface area contributed by atoms with Crippen LogP contribution in [0.15, 0.2) is 29.1 Å². The van der Waals surface area contributed by atoms with Gasteiger partial charge in [0.2, 0.25) is 11.7 Å². The predicted molar refractivity (Wildman–Crippen MR) is 105 cm³/mol. The number of aromatic nitrogens is 1. The van der Waals surface area contributed by atoms with Gasteiger partial charge in [0.1, 0.15) is 17.4 Å². The average molecular weight is 401 g/mol. The van der Waals surface area contributed by atoms with Gasteiger partial charge in [-0.05, 0) is 44.4 Å². The Hall–Kier alpha value is -2.78. The van der Waals surface area contributed by atoms with Crippen LogP contribution >= 0.6 is 11.6 Å². The van der Waals surface area contributed by atoms with Crippen LogP contribution in [0, 0.1) is 18.3 Å². The Kier molecular flexibility index (Phi) is 5.76. The summed E-state index contributed by atoms with van der Waals surface area (Å²) in [5, 5.41) is 20.6. The molecule has 1 unspecified atom stereocenters. The van der Waals surface area contributed by atoms with Gasteiger partial charge >= 0.3 is 0 Å². The number of halogens is 1. The number of hydrogen-bond acceptors (Lipinski definition) is 5. The minimum Gasteiger partial charge on any atom is -0.494 e. The molecule has 2 aromatic rings. The number of nitrogens with zero attached hydrogens (tertiary/aromatic N) is 2. The van der Waals surface area contributed by atoms with Crippen molar-refractivity contribution >= 4 is 17.4 Å². The molecule has 6 nitrogen and oxygen atoms in total. The normalized spacial score (nSPS) is 15.2. The Bertz CT molecular complexity index is 1020. The van der Waals surface area contributed by atoms with Gasteiger partial charge in [0, 0.05) is 6.04 Å². The molecular weight excluding hydrogens is 380 g/mol. The van der Waals surface area contributed by atoms with E-state index >= 15 is 0 Å². The number of ketones is 1. The number of ether oxygens (including phenoxy) is 1. The summed E-state index contributed by atoms with van der Waals surface area (Å²) in [6, 6.07) is 8.43. The number of rotatable bonds is 5. The molecule has 1 heterocycles. The van der Waals surface area contributed by atoms with Crippen molar-refractivity contribution < 1.29 is 14.6 Å². The SMILES string of the molecule is Cc1c(C(=O)C(C)Oc2ccccc2Cl)c(O)n(C2CCCC2)c(=O)c1C#N. The van der Waals surface area contributed by atoms with E-state index in [-0.39, 0.29) is 22.7 Å². The molecule has 0 aliphatic heterocycles. The van der Waals surface area contributed by atoms with E-state index in [4.69, 9.17) is 16.3 Å². The number of carbonyl (C=O) groups is 1. The molecule has 1 aliphatic rings. The first-order valence-corrected chi connectivity index (χ1v) is 9.58. The smallest absolute Gasteiger partial charge is 0.271 e. The molecule has 0 spiro atoms. The zero-order chi connectivity index (χ0) is 20.4. The first-order chi connectivity index (χ1) is 13.4. The fourth-order valence-electron chi connectivity index (χ4n) is 3.71. The van der Waals surface area contributed by atoms with Gasteiger partial charge in [-0.25, -0.2) is 0 Å². The quantitative estimate of drug-likeness (QED) is 0.761. The standard InChI is InChI=1S/C21H21ClN2O4/c1-12-15(11-23)20(26)24(14-7-3-4-8-14)21(27)18(12)19(25)13(2)28-17-10-6-5-9-16(17)22/h5-6,9-10,13-14,27H,3-4,7-8H2,1-2H3. The second-order valence-corrected chi connectivity index (χ2v) is 7.39. The molecule has 7 heteroatoms. The zero-order valence-electron chi connectivity index (χ0n) is 15.7. The molecule has 0 radical (unpaired) electrons. The summed E-state index contributed by atoms with van der Waals surface area (Å²) < 4.78 is 6.88. The lowest BCUT2D eigenvalue weighted by Crippen LogP contribution is -2.32. The van der Waals surface area contributed by atoms with Gasteiger partial charge in [-0.1, -0.05) is 36.6 Å². The van der Waals surface area contributed by atoms with E-state index in [1.165, 1.54) is 11.5 Å². The van der Waals surface area contributed by atoms with Crippen LogP contribution in [0.4, 0.5) is 0 Å². The second kappa shape index (κ2) is 8.07. The predicted octanol–water partition coefficient (Wildman–Crippen LogP) is 4.15. The van der Waals surface area contributed by atoms with E-state index in [1.54, 1.807) is 31.2 Å². The van der Waals surface area contributed by atoms with Crippen molar-refractivity contribution in [2.75, 3.05) is 0 Å². The Morgan fingerprint density at radius 1 is 1.36 bits per heavy atom. The van der Waals surface area contributed by atoms with Crippen molar-refractivity contribution in [3.8, 4) is 17.7 Å². The summed E-state index contributed by atoms with van der Waals surface area (Å²) in [7, 11) is 0. The minimum absolute atomic E-state index is 0.0531. The molecule has 3 rings (SSSR count). The van der Waals surface area contributed by atoms with Gasteiger partial charge in [-0.15, -0.1) is 0 Å². The molecule has 1 aromatic carbocycles. The lowest BCUT2D eigenvalue weighted by Gasteiger charge is -2.22. The maximum atomic E-state index is 13.1. The van der Waals surface area contributed by atoms with Crippen molar-refractivity contribution in [1.29, 1.82) is 5.26 Å². The molecule has 1 aromatic heterocycles. The first-order valence-electron chi connectivity index (χ1n) is 9.20. The number of nitriles is 1. The summed E-state index contributed by atoms with van der Waals surface area (Å²) in [6.07, 6.45) is 2.34. The Labute approximate surface area is 167 Å². The number of Topliss-reactive ketones (excluding diaryl/α,β-unsaturated/α-hetero) is 1. The second-order valence-electron chi connectivity index (χ2n) is 6.98. The number of pyridine rings is 1. The van der Waals surface area contributed by atoms with Crippen LogP contribution in [0.25, 0.3) is 0 Å². The molecular formula is C21H21ClN2O4. The lowest BCUT2D eigenvalue weighted by atomic mass is 9.98. The number of hydrogen-bond donors (Lipinski definition) is 1. The van der Waals surface area contributed by atoms with E-state index < -0.39 is 23.3 Å². The number of para-hydroxylation sites is 1. The molecule has 1 fully saturated rings. The van der Waals surface area contributed by atoms with Crippen molar-refractivity contribution in [3.63, 3.8) is 0 Å². The lowest BCUT2D eigenvalue weighted by molar-refractivity contribution is 0.0812. The highest BCUT2D eigenvalue weighted by molar-refractivity contribution is 6.32. The summed E-state index contributed by atoms with van der Waals surface area (Å²) in [5.74, 6) is -0.571. The van der Waals surface area contributed by atoms with Crippen molar-refractivity contribution in [2.24, 2.45) is 0 Å². The zero-order valence-corrected chi connectivity index (χ0v) is 16.5. The molecule has 146 valence electrons. The molecule has 1 N–H and O–H groups in total. The number of aromatic hydroxyl groups is 1. The van der Waals surface area contributed by atoms with Gasteiger partial charge in [-0.2, -0.15) is 5.26 Å². The van der Waals surface area contributed by atoms with Gasteiger partial charge < -0.3 is 9.84 Å². The highest BCUT2D eigenvalue weighted by Crippen LogP contribution is 2.34. The van der Waals surface area contributed by atoms with Crippen LogP contribution in [-0.2, 0) is 0 Å². The van der Waals surface area contributed by atoms with Crippen LogP contribution in [0.3, 0.4) is 0 Å². The topological polar surface area (TPSA) is 92.3 Å². The molecule has 1 aliphatic carbocycles. The highest BCUT2D eigenvalue weighted by Gasteiger charge is 2.31. The summed E-state index contributed by atoms with van der Waals surface area (Å²) in [5.41, 5.74) is -0.569. The van der Waals surface area contributed by atoms with Gasteiger partial charge in [0.05, 0.1) is 10.6 Å². The summed E-state index contributed by atoms with van der Waals surface area (Å²) >= 11 is 6.09. The van der Waals surface area contributed by atoms with E-state index in [0.717, 1.165) is 25.7 Å². The Balaban J connectivity index is 2.06. The summed E-state index contributed by atoms with van der Waals surface area (Å²) in [4.78, 5) is 25.8. The average Bonchev–Trinajstić information content (AvgIpc) is 3.18. The van der Waals surface area contributed by atoms with Crippen LogP contribution in [0.1, 0.15) is 60.1 Å².